The van der Waals surface area contributed by atoms with Gasteiger partial charge in [0.2, 0.25) is 0 Å². The smallest absolute Gasteiger partial charge is 0.254 e. The van der Waals surface area contributed by atoms with Crippen LogP contribution in [0.3, 0.4) is 0 Å². The molecule has 1 amide bonds. The lowest BCUT2D eigenvalue weighted by Gasteiger charge is -2.15. The second-order valence-electron chi connectivity index (χ2n) is 5.66. The molecule has 1 aromatic rings. The molecular formula is C16H26N4O. The Morgan fingerprint density at radius 2 is 2.29 bits per heavy atom. The van der Waals surface area contributed by atoms with Crippen molar-refractivity contribution in [2.75, 3.05) is 38.0 Å². The third kappa shape index (κ3) is 4.17. The van der Waals surface area contributed by atoms with Gasteiger partial charge in [-0.3, -0.25) is 9.78 Å². The number of hydrogen-bond donors (Lipinski definition) is 2. The van der Waals surface area contributed by atoms with E-state index in [9.17, 15) is 4.79 Å². The average molecular weight is 290 g/mol. The number of amides is 1. The topological polar surface area (TPSA) is 57.3 Å². The summed E-state index contributed by atoms with van der Waals surface area (Å²) in [5.74, 6) is 0.531. The molecule has 2 heterocycles. The quantitative estimate of drug-likeness (QED) is 0.840. The van der Waals surface area contributed by atoms with Crippen molar-refractivity contribution in [3.8, 4) is 0 Å². The highest BCUT2D eigenvalue weighted by Crippen LogP contribution is 2.17. The Bertz CT molecular complexity index is 489. The fourth-order valence-corrected chi connectivity index (χ4v) is 2.78. The predicted molar refractivity (Wildman–Crippen MR) is 85.7 cm³/mol. The lowest BCUT2D eigenvalue weighted by atomic mass is 10.1. The molecule has 2 rings (SSSR count). The van der Waals surface area contributed by atoms with Gasteiger partial charge in [-0.1, -0.05) is 6.92 Å². The first-order valence-electron chi connectivity index (χ1n) is 7.85. The van der Waals surface area contributed by atoms with Crippen molar-refractivity contribution in [2.24, 2.45) is 5.92 Å². The van der Waals surface area contributed by atoms with Crippen molar-refractivity contribution in [3.63, 3.8) is 0 Å². The summed E-state index contributed by atoms with van der Waals surface area (Å²) in [5.41, 5.74) is 2.41. The summed E-state index contributed by atoms with van der Waals surface area (Å²) in [6.07, 6.45) is 2.83. The number of anilines is 1. The number of likely N-dealkylation sites (tertiary alicyclic amines) is 1. The average Bonchev–Trinajstić information content (AvgIpc) is 2.93. The Labute approximate surface area is 127 Å². The van der Waals surface area contributed by atoms with Gasteiger partial charge in [-0.15, -0.1) is 0 Å². The first kappa shape index (κ1) is 15.8. The van der Waals surface area contributed by atoms with E-state index in [0.29, 0.717) is 11.5 Å². The molecule has 116 valence electrons. The van der Waals surface area contributed by atoms with Crippen LogP contribution in [0.15, 0.2) is 12.3 Å². The fraction of sp³-hybridized carbons (Fsp3) is 0.625. The lowest BCUT2D eigenvalue weighted by molar-refractivity contribution is 0.0948. The first-order valence-corrected chi connectivity index (χ1v) is 7.85. The van der Waals surface area contributed by atoms with Gasteiger partial charge in [-0.2, -0.15) is 0 Å². The molecule has 0 aromatic carbocycles. The van der Waals surface area contributed by atoms with E-state index in [1.54, 1.807) is 6.20 Å². The van der Waals surface area contributed by atoms with Gasteiger partial charge in [-0.05, 0) is 45.3 Å². The number of rotatable bonds is 6. The van der Waals surface area contributed by atoms with Crippen molar-refractivity contribution in [3.05, 3.63) is 23.5 Å². The Balaban J connectivity index is 1.94. The van der Waals surface area contributed by atoms with E-state index in [4.69, 9.17) is 0 Å². The monoisotopic (exact) mass is 290 g/mol. The highest BCUT2D eigenvalue weighted by Gasteiger charge is 2.22. The van der Waals surface area contributed by atoms with E-state index in [1.165, 1.54) is 6.42 Å². The minimum Gasteiger partial charge on any atom is -0.385 e. The lowest BCUT2D eigenvalue weighted by Crippen LogP contribution is -2.31. The number of aryl methyl sites for hydroxylation is 1. The Kier molecular flexibility index (Phi) is 5.56. The number of carbonyl (C=O) groups excluding carboxylic acids is 1. The van der Waals surface area contributed by atoms with Crippen molar-refractivity contribution in [2.45, 2.75) is 27.2 Å². The summed E-state index contributed by atoms with van der Waals surface area (Å²) in [7, 11) is 0. The molecule has 1 saturated heterocycles. The number of nitrogens with one attached hydrogen (secondary N) is 2. The summed E-state index contributed by atoms with van der Waals surface area (Å²) in [4.78, 5) is 19.0. The normalized spacial score (nSPS) is 18.7. The summed E-state index contributed by atoms with van der Waals surface area (Å²) < 4.78 is 0. The summed E-state index contributed by atoms with van der Waals surface area (Å²) in [6, 6.07) is 1.92. The van der Waals surface area contributed by atoms with Crippen LogP contribution >= 0.6 is 0 Å². The maximum atomic E-state index is 12.4. The zero-order chi connectivity index (χ0) is 15.2. The molecular weight excluding hydrogens is 264 g/mol. The number of hydrogen-bond acceptors (Lipinski definition) is 4. The van der Waals surface area contributed by atoms with Crippen LogP contribution in [0, 0.1) is 12.8 Å². The largest absolute Gasteiger partial charge is 0.385 e. The number of aromatic nitrogens is 1. The molecule has 1 aliphatic heterocycles. The number of pyridine rings is 1. The Hall–Kier alpha value is -1.62. The van der Waals surface area contributed by atoms with Gasteiger partial charge in [0.1, 0.15) is 0 Å². The molecule has 0 radical (unpaired) electrons. The molecule has 1 aromatic heterocycles. The van der Waals surface area contributed by atoms with Crippen molar-refractivity contribution < 1.29 is 4.79 Å². The van der Waals surface area contributed by atoms with Crippen LogP contribution in [0.2, 0.25) is 0 Å². The SMILES string of the molecule is CCNc1cc(C)ncc1C(=O)NCC1CCN(CC)C1. The molecule has 21 heavy (non-hydrogen) atoms. The number of nitrogens with zero attached hydrogens (tertiary/aromatic N) is 2. The van der Waals surface area contributed by atoms with Crippen LogP contribution in [0.4, 0.5) is 5.69 Å². The van der Waals surface area contributed by atoms with E-state index in [0.717, 1.165) is 44.1 Å². The molecule has 2 N–H and O–H groups in total. The molecule has 0 bridgehead atoms. The maximum absolute atomic E-state index is 12.4. The highest BCUT2D eigenvalue weighted by atomic mass is 16.1. The fourth-order valence-electron chi connectivity index (χ4n) is 2.78. The van der Waals surface area contributed by atoms with Crippen molar-refractivity contribution >= 4 is 11.6 Å². The molecule has 1 atom stereocenters. The van der Waals surface area contributed by atoms with Crippen LogP contribution in [0.5, 0.6) is 0 Å². The van der Waals surface area contributed by atoms with Crippen molar-refractivity contribution in [1.29, 1.82) is 0 Å². The van der Waals surface area contributed by atoms with Gasteiger partial charge in [-0.25, -0.2) is 0 Å². The van der Waals surface area contributed by atoms with Gasteiger partial charge in [0.15, 0.2) is 0 Å². The third-order valence-corrected chi connectivity index (χ3v) is 4.02. The third-order valence-electron chi connectivity index (χ3n) is 4.02. The first-order chi connectivity index (χ1) is 10.1. The minimum absolute atomic E-state index is 0.0339. The van der Waals surface area contributed by atoms with Gasteiger partial charge in [0.25, 0.3) is 5.91 Å². The second kappa shape index (κ2) is 7.41. The van der Waals surface area contributed by atoms with E-state index < -0.39 is 0 Å². The van der Waals surface area contributed by atoms with Crippen molar-refractivity contribution in [1.82, 2.24) is 15.2 Å². The van der Waals surface area contributed by atoms with Gasteiger partial charge in [0, 0.05) is 31.5 Å². The van der Waals surface area contributed by atoms with E-state index >= 15 is 0 Å². The van der Waals surface area contributed by atoms with Gasteiger partial charge in [0.05, 0.1) is 11.3 Å². The molecule has 0 spiro atoms. The molecule has 5 heteroatoms. The molecule has 1 aliphatic rings. The van der Waals surface area contributed by atoms with Crippen LogP contribution < -0.4 is 10.6 Å². The summed E-state index contributed by atoms with van der Waals surface area (Å²) in [6.45, 7) is 11.0. The van der Waals surface area contributed by atoms with E-state index in [1.807, 2.05) is 19.9 Å². The zero-order valence-electron chi connectivity index (χ0n) is 13.3. The molecule has 1 unspecified atom stereocenters. The van der Waals surface area contributed by atoms with Crippen LogP contribution in [0.1, 0.15) is 36.3 Å². The molecule has 5 nitrogen and oxygen atoms in total. The van der Waals surface area contributed by atoms with Crippen LogP contribution in [0.25, 0.3) is 0 Å². The standard InChI is InChI=1S/C16H26N4O/c1-4-17-15-8-12(3)18-10-14(15)16(21)19-9-13-6-7-20(5-2)11-13/h8,10,13H,4-7,9,11H2,1-3H3,(H,17,18)(H,19,21). The van der Waals surface area contributed by atoms with Crippen LogP contribution in [-0.2, 0) is 0 Å². The maximum Gasteiger partial charge on any atom is 0.254 e. The molecule has 1 fully saturated rings. The summed E-state index contributed by atoms with van der Waals surface area (Å²) >= 11 is 0. The predicted octanol–water partition coefficient (Wildman–Crippen LogP) is 1.89. The summed E-state index contributed by atoms with van der Waals surface area (Å²) in [5, 5.41) is 6.29. The minimum atomic E-state index is -0.0339. The zero-order valence-corrected chi connectivity index (χ0v) is 13.3. The number of carbonyl (C=O) groups is 1. The second-order valence-corrected chi connectivity index (χ2v) is 5.66. The van der Waals surface area contributed by atoms with Crippen LogP contribution in [-0.4, -0.2) is 48.5 Å². The molecule has 0 saturated carbocycles. The van der Waals surface area contributed by atoms with Gasteiger partial charge < -0.3 is 15.5 Å². The Morgan fingerprint density at radius 3 is 2.95 bits per heavy atom. The Morgan fingerprint density at radius 1 is 1.48 bits per heavy atom. The van der Waals surface area contributed by atoms with E-state index in [2.05, 4.69) is 27.4 Å². The van der Waals surface area contributed by atoms with Gasteiger partial charge >= 0.3 is 0 Å². The van der Waals surface area contributed by atoms with E-state index in [-0.39, 0.29) is 5.91 Å². The molecule has 0 aliphatic carbocycles. The highest BCUT2D eigenvalue weighted by molar-refractivity contribution is 5.99.